The number of rotatable bonds is 1. The van der Waals surface area contributed by atoms with E-state index in [1.165, 1.54) is 18.6 Å². The van der Waals surface area contributed by atoms with Gasteiger partial charge in [0.25, 0.3) is 0 Å². The Kier molecular flexibility index (Phi) is 2.36. The van der Waals surface area contributed by atoms with Gasteiger partial charge in [-0.05, 0) is 73.5 Å². The van der Waals surface area contributed by atoms with Crippen molar-refractivity contribution >= 4 is 0 Å². The molecule has 0 atom stereocenters. The van der Waals surface area contributed by atoms with Gasteiger partial charge in [0.2, 0.25) is 0 Å². The van der Waals surface area contributed by atoms with Crippen LogP contribution in [0.5, 0.6) is 0 Å². The summed E-state index contributed by atoms with van der Waals surface area (Å²) in [6.45, 7) is 0. The summed E-state index contributed by atoms with van der Waals surface area (Å²) in [6, 6.07) is 3.83. The minimum Gasteiger partial charge on any atom is -0.321 e. The third-order valence-corrected chi connectivity index (χ3v) is 5.85. The summed E-state index contributed by atoms with van der Waals surface area (Å²) in [4.78, 5) is 0. The van der Waals surface area contributed by atoms with Crippen molar-refractivity contribution in [2.45, 2.75) is 37.6 Å². The normalized spacial score (nSPS) is 43.7. The number of hydrogen-bond acceptors (Lipinski definition) is 1. The molecular weight excluding hydrogens is 244 g/mol. The third kappa shape index (κ3) is 1.60. The monoisotopic (exact) mass is 263 g/mol. The molecule has 0 radical (unpaired) electrons. The lowest BCUT2D eigenvalue weighted by atomic mass is 9.47. The predicted molar refractivity (Wildman–Crippen MR) is 69.3 cm³/mol. The van der Waals surface area contributed by atoms with Gasteiger partial charge in [-0.1, -0.05) is 0 Å². The second-order valence-corrected chi connectivity index (χ2v) is 6.90. The maximum Gasteiger partial charge on any atom is 0.126 e. The van der Waals surface area contributed by atoms with Gasteiger partial charge >= 0.3 is 0 Å². The fourth-order valence-electron chi connectivity index (χ4n) is 5.24. The van der Waals surface area contributed by atoms with E-state index < -0.39 is 17.2 Å². The summed E-state index contributed by atoms with van der Waals surface area (Å²) in [6.07, 6.45) is 5.91. The van der Waals surface area contributed by atoms with Gasteiger partial charge in [-0.25, -0.2) is 8.78 Å². The second-order valence-electron chi connectivity index (χ2n) is 6.90. The molecule has 0 saturated heterocycles. The van der Waals surface area contributed by atoms with Crippen molar-refractivity contribution in [2.75, 3.05) is 0 Å². The van der Waals surface area contributed by atoms with Gasteiger partial charge in [-0.2, -0.15) is 0 Å². The Bertz CT molecular complexity index is 477. The maximum atomic E-state index is 13.5. The highest BCUT2D eigenvalue weighted by molar-refractivity contribution is 5.30. The van der Waals surface area contributed by atoms with E-state index >= 15 is 0 Å². The zero-order chi connectivity index (χ0) is 13.2. The van der Waals surface area contributed by atoms with E-state index in [1.807, 2.05) is 0 Å². The molecule has 0 unspecified atom stereocenters. The summed E-state index contributed by atoms with van der Waals surface area (Å²) < 4.78 is 27.0. The van der Waals surface area contributed by atoms with Crippen LogP contribution in [0, 0.1) is 35.3 Å². The topological polar surface area (TPSA) is 26.0 Å². The minimum absolute atomic E-state index is 0.407. The van der Waals surface area contributed by atoms with Gasteiger partial charge in [0.05, 0.1) is 0 Å². The molecule has 19 heavy (non-hydrogen) atoms. The van der Waals surface area contributed by atoms with Crippen molar-refractivity contribution in [3.8, 4) is 0 Å². The molecule has 3 heteroatoms. The summed E-state index contributed by atoms with van der Waals surface area (Å²) in [5, 5.41) is 0. The van der Waals surface area contributed by atoms with E-state index in [4.69, 9.17) is 5.73 Å². The first kappa shape index (κ1) is 11.8. The van der Waals surface area contributed by atoms with E-state index in [0.29, 0.717) is 17.4 Å². The quantitative estimate of drug-likeness (QED) is 0.823. The van der Waals surface area contributed by atoms with E-state index in [1.54, 1.807) is 0 Å². The Morgan fingerprint density at radius 3 is 1.79 bits per heavy atom. The smallest absolute Gasteiger partial charge is 0.126 e. The Labute approximate surface area is 112 Å². The molecular formula is C16H19F2N. The highest BCUT2D eigenvalue weighted by Gasteiger charge is 2.56. The summed E-state index contributed by atoms with van der Waals surface area (Å²) in [7, 11) is 0. The fraction of sp³-hybridized carbons (Fsp3) is 0.625. The van der Waals surface area contributed by atoms with Crippen LogP contribution in [0.2, 0.25) is 0 Å². The minimum atomic E-state index is -0.506. The van der Waals surface area contributed by atoms with Gasteiger partial charge in [0.15, 0.2) is 0 Å². The third-order valence-electron chi connectivity index (χ3n) is 5.85. The van der Waals surface area contributed by atoms with Crippen LogP contribution in [0.25, 0.3) is 0 Å². The summed E-state index contributed by atoms with van der Waals surface area (Å²) >= 11 is 0. The standard InChI is InChI=1S/C16H19F2N/c17-14-6-13(7-15(18)8-14)16(19)11-2-9-1-10(4-11)5-12(16)3-9/h6-12H,1-5,19H2. The van der Waals surface area contributed by atoms with E-state index in [9.17, 15) is 8.78 Å². The number of benzene rings is 1. The van der Waals surface area contributed by atoms with E-state index in [-0.39, 0.29) is 0 Å². The number of halogens is 2. The Balaban J connectivity index is 1.80. The molecule has 102 valence electrons. The van der Waals surface area contributed by atoms with Crippen LogP contribution < -0.4 is 5.73 Å². The number of nitrogens with two attached hydrogens (primary N) is 1. The Morgan fingerprint density at radius 1 is 0.842 bits per heavy atom. The highest BCUT2D eigenvalue weighted by atomic mass is 19.1. The lowest BCUT2D eigenvalue weighted by Gasteiger charge is -2.60. The Morgan fingerprint density at radius 2 is 1.32 bits per heavy atom. The first-order valence-electron chi connectivity index (χ1n) is 7.31. The van der Waals surface area contributed by atoms with Crippen LogP contribution in [-0.2, 0) is 5.54 Å². The number of hydrogen-bond donors (Lipinski definition) is 1. The zero-order valence-electron chi connectivity index (χ0n) is 10.9. The molecule has 0 spiro atoms. The fourth-order valence-corrected chi connectivity index (χ4v) is 5.24. The molecule has 2 N–H and O–H groups in total. The summed E-state index contributed by atoms with van der Waals surface area (Å²) in [5.74, 6) is 1.41. The van der Waals surface area contributed by atoms with Crippen LogP contribution >= 0.6 is 0 Å². The van der Waals surface area contributed by atoms with Gasteiger partial charge in [0, 0.05) is 11.6 Å². The lowest BCUT2D eigenvalue weighted by molar-refractivity contribution is -0.0586. The SMILES string of the molecule is NC1(c2cc(F)cc(F)c2)C2CC3CC(C2)CC1C3. The van der Waals surface area contributed by atoms with Crippen molar-refractivity contribution in [1.29, 1.82) is 0 Å². The molecule has 0 heterocycles. The molecule has 4 aliphatic rings. The largest absolute Gasteiger partial charge is 0.321 e. The average Bonchev–Trinajstić information content (AvgIpc) is 2.33. The van der Waals surface area contributed by atoms with Crippen LogP contribution in [-0.4, -0.2) is 0 Å². The second kappa shape index (κ2) is 3.78. The predicted octanol–water partition coefficient (Wildman–Crippen LogP) is 3.57. The molecule has 1 aromatic rings. The zero-order valence-corrected chi connectivity index (χ0v) is 10.9. The van der Waals surface area contributed by atoms with Crippen molar-refractivity contribution in [3.05, 3.63) is 35.4 Å². The molecule has 5 rings (SSSR count). The summed E-state index contributed by atoms with van der Waals surface area (Å²) in [5.41, 5.74) is 6.89. The van der Waals surface area contributed by atoms with Gasteiger partial charge in [0.1, 0.15) is 11.6 Å². The van der Waals surface area contributed by atoms with Crippen LogP contribution in [0.15, 0.2) is 18.2 Å². The first-order chi connectivity index (χ1) is 9.05. The molecule has 4 fully saturated rings. The lowest BCUT2D eigenvalue weighted by Crippen LogP contribution is -2.60. The van der Waals surface area contributed by atoms with Crippen LogP contribution in [0.4, 0.5) is 8.78 Å². The molecule has 1 aromatic carbocycles. The molecule has 0 aromatic heterocycles. The van der Waals surface area contributed by atoms with E-state index in [0.717, 1.165) is 43.6 Å². The van der Waals surface area contributed by atoms with Crippen LogP contribution in [0.1, 0.15) is 37.7 Å². The maximum absolute atomic E-state index is 13.5. The molecule has 0 amide bonds. The van der Waals surface area contributed by atoms with Gasteiger partial charge < -0.3 is 5.73 Å². The van der Waals surface area contributed by atoms with Crippen molar-refractivity contribution < 1.29 is 8.78 Å². The molecule has 0 aliphatic heterocycles. The molecule has 4 saturated carbocycles. The van der Waals surface area contributed by atoms with Crippen molar-refractivity contribution in [3.63, 3.8) is 0 Å². The molecule has 4 bridgehead atoms. The van der Waals surface area contributed by atoms with Crippen molar-refractivity contribution in [2.24, 2.45) is 29.4 Å². The van der Waals surface area contributed by atoms with E-state index in [2.05, 4.69) is 0 Å². The first-order valence-corrected chi connectivity index (χ1v) is 7.31. The molecule has 1 nitrogen and oxygen atoms in total. The van der Waals surface area contributed by atoms with Gasteiger partial charge in [-0.15, -0.1) is 0 Å². The van der Waals surface area contributed by atoms with Crippen molar-refractivity contribution in [1.82, 2.24) is 0 Å². The van der Waals surface area contributed by atoms with Gasteiger partial charge in [-0.3, -0.25) is 0 Å². The average molecular weight is 263 g/mol. The molecule has 4 aliphatic carbocycles. The highest BCUT2D eigenvalue weighted by Crippen LogP contribution is 2.60. The Hall–Kier alpha value is -0.960. The van der Waals surface area contributed by atoms with Crippen LogP contribution in [0.3, 0.4) is 0 Å².